The van der Waals surface area contributed by atoms with E-state index in [9.17, 15) is 13.2 Å². The number of hydrogen-bond donors (Lipinski definition) is 1. The van der Waals surface area contributed by atoms with Crippen LogP contribution in [0.3, 0.4) is 0 Å². The summed E-state index contributed by atoms with van der Waals surface area (Å²) < 4.78 is 44.7. The fourth-order valence-electron chi connectivity index (χ4n) is 2.86. The molecule has 1 fully saturated rings. The van der Waals surface area contributed by atoms with Gasteiger partial charge in [-0.25, -0.2) is 0 Å². The van der Waals surface area contributed by atoms with E-state index in [-0.39, 0.29) is 18.4 Å². The first-order valence-corrected chi connectivity index (χ1v) is 7.04. The Labute approximate surface area is 116 Å². The fraction of sp³-hybridized carbons (Fsp3) is 0.846. The summed E-state index contributed by atoms with van der Waals surface area (Å²) in [7, 11) is 1.76. The lowest BCUT2D eigenvalue weighted by Crippen LogP contribution is -2.31. The van der Waals surface area contributed by atoms with Crippen LogP contribution in [0.15, 0.2) is 4.42 Å². The second-order valence-electron chi connectivity index (χ2n) is 5.27. The van der Waals surface area contributed by atoms with E-state index in [2.05, 4.69) is 15.5 Å². The van der Waals surface area contributed by atoms with Gasteiger partial charge in [0.2, 0.25) is 11.8 Å². The molecule has 1 aliphatic rings. The summed E-state index contributed by atoms with van der Waals surface area (Å²) in [6, 6.07) is -0.107. The van der Waals surface area contributed by atoms with Crippen LogP contribution in [0.25, 0.3) is 0 Å². The average Bonchev–Trinajstić information content (AvgIpc) is 2.89. The van der Waals surface area contributed by atoms with Crippen molar-refractivity contribution in [3.63, 3.8) is 0 Å². The highest BCUT2D eigenvalue weighted by molar-refractivity contribution is 5.00. The largest absolute Gasteiger partial charge is 0.423 e. The molecule has 3 atom stereocenters. The molecule has 4 nitrogen and oxygen atoms in total. The van der Waals surface area contributed by atoms with E-state index in [1.165, 1.54) is 0 Å². The standard InChI is InChI=1S/C13H20F3N3O/c1-3-10(17-2)12-19-18-11(20-12)8-6-4-5-7-9(8)13(14,15)16/h8-10,17H,3-7H2,1-2H3. The lowest BCUT2D eigenvalue weighted by atomic mass is 9.79. The molecule has 1 saturated carbocycles. The average molecular weight is 291 g/mol. The van der Waals surface area contributed by atoms with Gasteiger partial charge in [0.25, 0.3) is 0 Å². The first-order valence-electron chi connectivity index (χ1n) is 7.04. The molecule has 0 aliphatic heterocycles. The normalized spacial score (nSPS) is 25.6. The summed E-state index contributed by atoms with van der Waals surface area (Å²) in [5.41, 5.74) is 0. The SMILES string of the molecule is CCC(NC)c1nnc(C2CCCCC2C(F)(F)F)o1. The molecule has 0 saturated heterocycles. The summed E-state index contributed by atoms with van der Waals surface area (Å²) in [5.74, 6) is -1.55. The van der Waals surface area contributed by atoms with E-state index < -0.39 is 18.0 Å². The first-order chi connectivity index (χ1) is 9.47. The lowest BCUT2D eigenvalue weighted by molar-refractivity contribution is -0.188. The maximum absolute atomic E-state index is 13.1. The molecule has 114 valence electrons. The molecular formula is C13H20F3N3O. The smallest absolute Gasteiger partial charge is 0.392 e. The third-order valence-corrected chi connectivity index (χ3v) is 4.01. The number of rotatable bonds is 4. The molecule has 0 aromatic carbocycles. The van der Waals surface area contributed by atoms with Crippen LogP contribution in [0.2, 0.25) is 0 Å². The van der Waals surface area contributed by atoms with Gasteiger partial charge >= 0.3 is 6.18 Å². The zero-order chi connectivity index (χ0) is 14.8. The third-order valence-electron chi connectivity index (χ3n) is 4.01. The molecule has 1 aromatic rings. The number of nitrogens with one attached hydrogen (secondary N) is 1. The second kappa shape index (κ2) is 6.11. The molecule has 0 spiro atoms. The summed E-state index contributed by atoms with van der Waals surface area (Å²) in [6.45, 7) is 1.95. The van der Waals surface area contributed by atoms with Gasteiger partial charge in [-0.2, -0.15) is 13.2 Å². The van der Waals surface area contributed by atoms with E-state index in [4.69, 9.17) is 4.42 Å². The summed E-state index contributed by atoms with van der Waals surface area (Å²) in [5, 5.41) is 10.8. The minimum Gasteiger partial charge on any atom is -0.423 e. The second-order valence-corrected chi connectivity index (χ2v) is 5.27. The number of aromatic nitrogens is 2. The van der Waals surface area contributed by atoms with Crippen molar-refractivity contribution in [3.05, 3.63) is 11.8 Å². The Morgan fingerprint density at radius 1 is 1.30 bits per heavy atom. The van der Waals surface area contributed by atoms with Crippen LogP contribution >= 0.6 is 0 Å². The van der Waals surface area contributed by atoms with Gasteiger partial charge in [0.15, 0.2) is 0 Å². The number of hydrogen-bond acceptors (Lipinski definition) is 4. The van der Waals surface area contributed by atoms with Gasteiger partial charge in [0.05, 0.1) is 12.0 Å². The Morgan fingerprint density at radius 3 is 2.60 bits per heavy atom. The van der Waals surface area contributed by atoms with Crippen molar-refractivity contribution in [2.45, 2.75) is 57.2 Å². The van der Waals surface area contributed by atoms with Gasteiger partial charge < -0.3 is 9.73 Å². The van der Waals surface area contributed by atoms with Crippen LogP contribution in [0, 0.1) is 5.92 Å². The van der Waals surface area contributed by atoms with Crippen molar-refractivity contribution in [1.29, 1.82) is 0 Å². The number of nitrogens with zero attached hydrogens (tertiary/aromatic N) is 2. The molecule has 7 heteroatoms. The summed E-state index contributed by atoms with van der Waals surface area (Å²) in [6.07, 6.45) is -1.47. The van der Waals surface area contributed by atoms with Crippen molar-refractivity contribution < 1.29 is 17.6 Å². The van der Waals surface area contributed by atoms with Gasteiger partial charge in [-0.05, 0) is 26.3 Å². The molecule has 2 rings (SSSR count). The monoisotopic (exact) mass is 291 g/mol. The minimum absolute atomic E-state index is 0.107. The number of alkyl halides is 3. The molecule has 1 aliphatic carbocycles. The van der Waals surface area contributed by atoms with Gasteiger partial charge in [-0.15, -0.1) is 10.2 Å². The molecule has 1 aromatic heterocycles. The van der Waals surface area contributed by atoms with Crippen molar-refractivity contribution >= 4 is 0 Å². The van der Waals surface area contributed by atoms with Crippen molar-refractivity contribution in [3.8, 4) is 0 Å². The molecule has 0 amide bonds. The fourth-order valence-corrected chi connectivity index (χ4v) is 2.86. The van der Waals surface area contributed by atoms with E-state index in [0.717, 1.165) is 12.8 Å². The molecule has 0 bridgehead atoms. The van der Waals surface area contributed by atoms with Crippen molar-refractivity contribution in [2.75, 3.05) is 7.05 Å². The highest BCUT2D eigenvalue weighted by Crippen LogP contribution is 2.46. The zero-order valence-electron chi connectivity index (χ0n) is 11.7. The van der Waals surface area contributed by atoms with E-state index in [1.54, 1.807) is 7.05 Å². The Morgan fingerprint density at radius 2 is 2.00 bits per heavy atom. The maximum atomic E-state index is 13.1. The molecule has 20 heavy (non-hydrogen) atoms. The predicted molar refractivity (Wildman–Crippen MR) is 67.1 cm³/mol. The van der Waals surface area contributed by atoms with Gasteiger partial charge in [0.1, 0.15) is 0 Å². The van der Waals surface area contributed by atoms with E-state index >= 15 is 0 Å². The van der Waals surface area contributed by atoms with Crippen LogP contribution in [0.1, 0.15) is 62.8 Å². The molecule has 3 unspecified atom stereocenters. The van der Waals surface area contributed by atoms with Gasteiger partial charge in [-0.1, -0.05) is 19.8 Å². The molecular weight excluding hydrogens is 271 g/mol. The Hall–Kier alpha value is -1.11. The summed E-state index contributed by atoms with van der Waals surface area (Å²) >= 11 is 0. The van der Waals surface area contributed by atoms with Crippen LogP contribution < -0.4 is 5.32 Å². The zero-order valence-corrected chi connectivity index (χ0v) is 11.7. The topological polar surface area (TPSA) is 51.0 Å². The Kier molecular flexibility index (Phi) is 4.67. The maximum Gasteiger partial charge on any atom is 0.392 e. The van der Waals surface area contributed by atoms with Crippen LogP contribution in [0.4, 0.5) is 13.2 Å². The van der Waals surface area contributed by atoms with Gasteiger partial charge in [-0.3, -0.25) is 0 Å². The lowest BCUT2D eigenvalue weighted by Gasteiger charge is -2.30. The Balaban J connectivity index is 2.20. The van der Waals surface area contributed by atoms with E-state index in [0.29, 0.717) is 18.7 Å². The summed E-state index contributed by atoms with van der Waals surface area (Å²) in [4.78, 5) is 0. The van der Waals surface area contributed by atoms with Crippen LogP contribution in [-0.2, 0) is 0 Å². The van der Waals surface area contributed by atoms with E-state index in [1.807, 2.05) is 6.92 Å². The molecule has 1 heterocycles. The van der Waals surface area contributed by atoms with Crippen LogP contribution in [0.5, 0.6) is 0 Å². The predicted octanol–water partition coefficient (Wildman–Crippen LogP) is 3.58. The molecule has 1 N–H and O–H groups in total. The quantitative estimate of drug-likeness (QED) is 0.921. The highest BCUT2D eigenvalue weighted by Gasteiger charge is 2.47. The Bertz CT molecular complexity index is 429. The highest BCUT2D eigenvalue weighted by atomic mass is 19.4. The number of halogens is 3. The first kappa shape index (κ1) is 15.3. The van der Waals surface area contributed by atoms with Gasteiger partial charge in [0, 0.05) is 5.92 Å². The third kappa shape index (κ3) is 3.13. The van der Waals surface area contributed by atoms with Crippen LogP contribution in [-0.4, -0.2) is 23.4 Å². The minimum atomic E-state index is -4.20. The molecule has 0 radical (unpaired) electrons. The van der Waals surface area contributed by atoms with Crippen molar-refractivity contribution in [2.24, 2.45) is 5.92 Å². The van der Waals surface area contributed by atoms with Crippen molar-refractivity contribution in [1.82, 2.24) is 15.5 Å².